The van der Waals surface area contributed by atoms with E-state index in [0.717, 1.165) is 5.56 Å². The average molecular weight is 495 g/mol. The molecule has 3 aromatic rings. The number of nitrogens with one attached hydrogen (secondary N) is 3. The van der Waals surface area contributed by atoms with Crippen molar-refractivity contribution in [1.82, 2.24) is 5.43 Å². The summed E-state index contributed by atoms with van der Waals surface area (Å²) >= 11 is 5.96. The van der Waals surface area contributed by atoms with Gasteiger partial charge in [0.25, 0.3) is 5.91 Å². The summed E-state index contributed by atoms with van der Waals surface area (Å²) in [6, 6.07) is 18.8. The number of methoxy groups -OCH3 is 1. The van der Waals surface area contributed by atoms with Gasteiger partial charge in [-0.25, -0.2) is 5.43 Å². The standard InChI is InChI=1S/C25H23ClN4O5/c1-16-7-3-5-9-19(16)28-23(31)15-35-21-12-11-17(13-22(21)34-2)14-27-30-25(33)24(32)29-20-10-6-4-8-18(20)26/h3-14H,15H2,1-2H3,(H,28,31)(H,29,32)(H,30,33)/b27-14-. The van der Waals surface area contributed by atoms with E-state index in [-0.39, 0.29) is 12.5 Å². The number of rotatable bonds is 8. The molecule has 0 bridgehead atoms. The maximum absolute atomic E-state index is 12.2. The molecule has 3 aromatic carbocycles. The molecule has 9 nitrogen and oxygen atoms in total. The number of hydrazone groups is 1. The fourth-order valence-corrected chi connectivity index (χ4v) is 3.07. The van der Waals surface area contributed by atoms with E-state index in [4.69, 9.17) is 21.1 Å². The summed E-state index contributed by atoms with van der Waals surface area (Å²) in [6.45, 7) is 1.68. The lowest BCUT2D eigenvalue weighted by Crippen LogP contribution is -2.32. The summed E-state index contributed by atoms with van der Waals surface area (Å²) < 4.78 is 10.9. The lowest BCUT2D eigenvalue weighted by molar-refractivity contribution is -0.136. The van der Waals surface area contributed by atoms with Crippen LogP contribution in [0.25, 0.3) is 0 Å². The Morgan fingerprint density at radius 3 is 2.34 bits per heavy atom. The number of ether oxygens (including phenoxy) is 2. The van der Waals surface area contributed by atoms with E-state index in [2.05, 4.69) is 21.2 Å². The molecule has 0 aliphatic carbocycles. The first-order chi connectivity index (χ1) is 16.9. The minimum Gasteiger partial charge on any atom is -0.493 e. The number of anilines is 2. The van der Waals surface area contributed by atoms with Crippen LogP contribution < -0.4 is 25.5 Å². The molecule has 0 fully saturated rings. The average Bonchev–Trinajstić information content (AvgIpc) is 2.85. The molecule has 0 heterocycles. The van der Waals surface area contributed by atoms with Crippen molar-refractivity contribution in [1.29, 1.82) is 0 Å². The van der Waals surface area contributed by atoms with Gasteiger partial charge < -0.3 is 20.1 Å². The van der Waals surface area contributed by atoms with Gasteiger partial charge in [0, 0.05) is 5.69 Å². The van der Waals surface area contributed by atoms with Crippen molar-refractivity contribution in [3.8, 4) is 11.5 Å². The van der Waals surface area contributed by atoms with Gasteiger partial charge in [-0.15, -0.1) is 0 Å². The number of carbonyl (C=O) groups excluding carboxylic acids is 3. The zero-order valence-corrected chi connectivity index (χ0v) is 19.8. The summed E-state index contributed by atoms with van der Waals surface area (Å²) in [4.78, 5) is 36.2. The molecule has 0 aliphatic rings. The molecule has 0 saturated heterocycles. The van der Waals surface area contributed by atoms with Crippen molar-refractivity contribution >= 4 is 46.9 Å². The van der Waals surface area contributed by atoms with Crippen molar-refractivity contribution in [3.63, 3.8) is 0 Å². The molecule has 0 aromatic heterocycles. The van der Waals surface area contributed by atoms with Crippen LogP contribution in [-0.4, -0.2) is 37.7 Å². The van der Waals surface area contributed by atoms with E-state index < -0.39 is 11.8 Å². The van der Waals surface area contributed by atoms with Gasteiger partial charge in [0.2, 0.25) is 0 Å². The Hall–Kier alpha value is -4.37. The lowest BCUT2D eigenvalue weighted by atomic mass is 10.2. The lowest BCUT2D eigenvalue weighted by Gasteiger charge is -2.12. The second kappa shape index (κ2) is 12.2. The van der Waals surface area contributed by atoms with E-state index >= 15 is 0 Å². The predicted molar refractivity (Wildman–Crippen MR) is 134 cm³/mol. The minimum atomic E-state index is -0.965. The van der Waals surface area contributed by atoms with E-state index in [9.17, 15) is 14.4 Å². The first-order valence-electron chi connectivity index (χ1n) is 10.4. The van der Waals surface area contributed by atoms with Crippen LogP contribution >= 0.6 is 11.6 Å². The van der Waals surface area contributed by atoms with Crippen molar-refractivity contribution in [3.05, 3.63) is 82.9 Å². The molecule has 35 heavy (non-hydrogen) atoms. The number of nitrogens with zero attached hydrogens (tertiary/aromatic N) is 1. The van der Waals surface area contributed by atoms with Gasteiger partial charge in [-0.3, -0.25) is 14.4 Å². The van der Waals surface area contributed by atoms with Crippen LogP contribution in [-0.2, 0) is 14.4 Å². The van der Waals surface area contributed by atoms with Crippen LogP contribution in [0.15, 0.2) is 71.8 Å². The Morgan fingerprint density at radius 2 is 1.63 bits per heavy atom. The zero-order chi connectivity index (χ0) is 25.2. The molecule has 0 unspecified atom stereocenters. The maximum Gasteiger partial charge on any atom is 0.329 e. The number of carbonyl (C=O) groups is 3. The SMILES string of the molecule is COc1cc(/C=N\NC(=O)C(=O)Nc2ccccc2Cl)ccc1OCC(=O)Nc1ccccc1C. The fourth-order valence-electron chi connectivity index (χ4n) is 2.88. The normalized spacial score (nSPS) is 10.5. The monoisotopic (exact) mass is 494 g/mol. The molecule has 0 radical (unpaired) electrons. The highest BCUT2D eigenvalue weighted by molar-refractivity contribution is 6.41. The number of para-hydroxylation sites is 2. The molecule has 3 N–H and O–H groups in total. The molecule has 10 heteroatoms. The smallest absolute Gasteiger partial charge is 0.329 e. The van der Waals surface area contributed by atoms with Crippen molar-refractivity contribution in [2.45, 2.75) is 6.92 Å². The van der Waals surface area contributed by atoms with Gasteiger partial charge in [-0.1, -0.05) is 41.9 Å². The molecule has 0 atom stereocenters. The third kappa shape index (κ3) is 7.31. The van der Waals surface area contributed by atoms with E-state index in [1.54, 1.807) is 48.5 Å². The van der Waals surface area contributed by atoms with E-state index in [1.807, 2.05) is 25.1 Å². The Kier molecular flexibility index (Phi) is 8.80. The summed E-state index contributed by atoms with van der Waals surface area (Å²) in [5, 5.41) is 9.28. The van der Waals surface area contributed by atoms with E-state index in [0.29, 0.717) is 33.5 Å². The molecule has 0 spiro atoms. The second-order valence-corrected chi connectivity index (χ2v) is 7.60. The summed E-state index contributed by atoms with van der Waals surface area (Å²) in [7, 11) is 1.46. The first kappa shape index (κ1) is 25.3. The molecule has 180 valence electrons. The van der Waals surface area contributed by atoms with Gasteiger partial charge >= 0.3 is 11.8 Å². The van der Waals surface area contributed by atoms with Crippen LogP contribution in [0.1, 0.15) is 11.1 Å². The molecule has 0 aliphatic heterocycles. The maximum atomic E-state index is 12.2. The van der Waals surface area contributed by atoms with Gasteiger partial charge in [0.15, 0.2) is 18.1 Å². The predicted octanol–water partition coefficient (Wildman–Crippen LogP) is 3.76. The van der Waals surface area contributed by atoms with Crippen molar-refractivity contribution in [2.75, 3.05) is 24.4 Å². The summed E-state index contributed by atoms with van der Waals surface area (Å²) in [5.74, 6) is -1.48. The van der Waals surface area contributed by atoms with Crippen LogP contribution in [0, 0.1) is 6.92 Å². The summed E-state index contributed by atoms with van der Waals surface area (Å²) in [5.41, 5.74) is 4.66. The summed E-state index contributed by atoms with van der Waals surface area (Å²) in [6.07, 6.45) is 1.33. The number of benzene rings is 3. The fraction of sp³-hybridized carbons (Fsp3) is 0.120. The molecule has 0 saturated carbocycles. The van der Waals surface area contributed by atoms with Crippen LogP contribution in [0.5, 0.6) is 11.5 Å². The minimum absolute atomic E-state index is 0.214. The highest BCUT2D eigenvalue weighted by Crippen LogP contribution is 2.27. The molecule has 3 rings (SSSR count). The Bertz CT molecular complexity index is 1260. The van der Waals surface area contributed by atoms with Gasteiger partial charge in [0.1, 0.15) is 0 Å². The third-order valence-electron chi connectivity index (χ3n) is 4.67. The van der Waals surface area contributed by atoms with E-state index in [1.165, 1.54) is 13.3 Å². The first-order valence-corrected chi connectivity index (χ1v) is 10.8. The molecular weight excluding hydrogens is 472 g/mol. The third-order valence-corrected chi connectivity index (χ3v) is 5.00. The second-order valence-electron chi connectivity index (χ2n) is 7.20. The number of hydrogen-bond acceptors (Lipinski definition) is 6. The van der Waals surface area contributed by atoms with Crippen molar-refractivity contribution < 1.29 is 23.9 Å². The van der Waals surface area contributed by atoms with Gasteiger partial charge in [-0.05, 0) is 54.4 Å². The highest BCUT2D eigenvalue weighted by atomic mass is 35.5. The molecule has 3 amide bonds. The topological polar surface area (TPSA) is 118 Å². The number of halogens is 1. The number of aryl methyl sites for hydroxylation is 1. The number of hydrogen-bond donors (Lipinski definition) is 3. The van der Waals surface area contributed by atoms with Crippen LogP contribution in [0.4, 0.5) is 11.4 Å². The van der Waals surface area contributed by atoms with Crippen LogP contribution in [0.3, 0.4) is 0 Å². The van der Waals surface area contributed by atoms with Gasteiger partial charge in [0.05, 0.1) is 24.0 Å². The zero-order valence-electron chi connectivity index (χ0n) is 19.0. The Labute approximate surface area is 207 Å². The largest absolute Gasteiger partial charge is 0.493 e. The molecular formula is C25H23ClN4O5. The van der Waals surface area contributed by atoms with Gasteiger partial charge in [-0.2, -0.15) is 5.10 Å². The highest BCUT2D eigenvalue weighted by Gasteiger charge is 2.14. The number of amides is 3. The van der Waals surface area contributed by atoms with Crippen LogP contribution in [0.2, 0.25) is 5.02 Å². The Balaban J connectivity index is 1.54. The Morgan fingerprint density at radius 1 is 0.914 bits per heavy atom. The quantitative estimate of drug-likeness (QED) is 0.250. The van der Waals surface area contributed by atoms with Crippen molar-refractivity contribution in [2.24, 2.45) is 5.10 Å².